The highest BCUT2D eigenvalue weighted by atomic mass is 19.1. The average molecular weight is 512 g/mol. The molecular weight excluding hydrogens is 481 g/mol. The van der Waals surface area contributed by atoms with Crippen molar-refractivity contribution < 1.29 is 19.1 Å². The van der Waals surface area contributed by atoms with Crippen LogP contribution in [-0.4, -0.2) is 75.7 Å². The molecule has 1 amide bonds. The van der Waals surface area contributed by atoms with Gasteiger partial charge in [-0.2, -0.15) is 0 Å². The van der Waals surface area contributed by atoms with Gasteiger partial charge in [-0.05, 0) is 32.9 Å². The maximum atomic E-state index is 15.5. The second-order valence-electron chi connectivity index (χ2n) is 9.91. The van der Waals surface area contributed by atoms with Gasteiger partial charge in [-0.1, -0.05) is 0 Å². The Morgan fingerprint density at radius 2 is 1.92 bits per heavy atom. The lowest BCUT2D eigenvalue weighted by Crippen LogP contribution is -2.48. The number of aromatic carboxylic acids is 1. The minimum atomic E-state index is -1.39. The number of nitrogens with one attached hydrogen (secondary N) is 1. The first-order chi connectivity index (χ1) is 17.5. The van der Waals surface area contributed by atoms with Gasteiger partial charge >= 0.3 is 5.97 Å². The summed E-state index contributed by atoms with van der Waals surface area (Å²) in [6.45, 7) is 8.93. The van der Waals surface area contributed by atoms with Gasteiger partial charge in [0.05, 0.1) is 22.3 Å². The lowest BCUT2D eigenvalue weighted by molar-refractivity contribution is 0.0694. The number of nitrogens with two attached hydrogens (primary N) is 1. The van der Waals surface area contributed by atoms with Crippen molar-refractivity contribution in [1.29, 1.82) is 0 Å². The number of anilines is 2. The minimum Gasteiger partial charge on any atom is -0.477 e. The van der Waals surface area contributed by atoms with Crippen LogP contribution in [0.3, 0.4) is 0 Å². The quantitative estimate of drug-likeness (QED) is 0.419. The van der Waals surface area contributed by atoms with Gasteiger partial charge in [-0.15, -0.1) is 0 Å². The fourth-order valence-corrected chi connectivity index (χ4v) is 4.46. The third-order valence-corrected chi connectivity index (χ3v) is 6.44. The molecule has 4 N–H and O–H groups in total. The minimum absolute atomic E-state index is 0.130. The first-order valence-electron chi connectivity index (χ1n) is 11.9. The summed E-state index contributed by atoms with van der Waals surface area (Å²) in [5, 5.41) is 12.2. The zero-order valence-corrected chi connectivity index (χ0v) is 21.0. The molecule has 0 saturated carbocycles. The SMILES string of the molecule is CC(C)(C)n1cc(C(=O)O)c(=O)c2c(N)c(F)c(N3CCN(CCNC(=O)c4ccncn4)CC3)cc21. The van der Waals surface area contributed by atoms with Gasteiger partial charge in [0, 0.05) is 57.2 Å². The Morgan fingerprint density at radius 3 is 2.51 bits per heavy atom. The standard InChI is InChI=1S/C25H30FN7O4/c1-25(2,3)33-13-15(24(36)37)22(34)19-17(33)12-18(20(26)21(19)27)32-10-8-31(9-11-32)7-6-29-23(35)16-4-5-28-14-30-16/h4-5,12-14H,6-11,27H2,1-3H3,(H,29,35)(H,36,37). The number of hydrogen-bond acceptors (Lipinski definition) is 8. The number of carboxylic acids is 1. The van der Waals surface area contributed by atoms with Gasteiger partial charge in [-0.25, -0.2) is 19.2 Å². The van der Waals surface area contributed by atoms with E-state index in [9.17, 15) is 19.5 Å². The number of pyridine rings is 1. The van der Waals surface area contributed by atoms with Crippen molar-refractivity contribution in [2.45, 2.75) is 26.3 Å². The second-order valence-corrected chi connectivity index (χ2v) is 9.91. The lowest BCUT2D eigenvalue weighted by Gasteiger charge is -2.37. The Kier molecular flexibility index (Phi) is 7.12. The molecule has 0 atom stereocenters. The Labute approximate surface area is 212 Å². The van der Waals surface area contributed by atoms with Crippen LogP contribution in [0.4, 0.5) is 15.8 Å². The first-order valence-corrected chi connectivity index (χ1v) is 11.9. The van der Waals surface area contributed by atoms with E-state index < -0.39 is 28.3 Å². The van der Waals surface area contributed by atoms with E-state index in [1.807, 2.05) is 25.7 Å². The summed E-state index contributed by atoms with van der Waals surface area (Å²) in [7, 11) is 0. The maximum Gasteiger partial charge on any atom is 0.341 e. The molecular formula is C25H30FN7O4. The number of piperazine rings is 1. The number of benzene rings is 1. The molecule has 12 heteroatoms. The Balaban J connectivity index is 1.52. The van der Waals surface area contributed by atoms with Crippen molar-refractivity contribution in [3.8, 4) is 0 Å². The highest BCUT2D eigenvalue weighted by Gasteiger charge is 2.27. The van der Waals surface area contributed by atoms with E-state index in [0.717, 1.165) is 0 Å². The molecule has 0 spiro atoms. The number of nitrogens with zero attached hydrogens (tertiary/aromatic N) is 5. The number of halogens is 1. The number of carbonyl (C=O) groups excluding carboxylic acids is 1. The van der Waals surface area contributed by atoms with E-state index in [-0.39, 0.29) is 22.7 Å². The van der Waals surface area contributed by atoms with Crippen LogP contribution in [0, 0.1) is 5.82 Å². The monoisotopic (exact) mass is 511 g/mol. The van der Waals surface area contributed by atoms with E-state index in [1.165, 1.54) is 18.7 Å². The van der Waals surface area contributed by atoms with E-state index in [4.69, 9.17) is 5.73 Å². The van der Waals surface area contributed by atoms with Crippen molar-refractivity contribution in [3.05, 3.63) is 58.2 Å². The highest BCUT2D eigenvalue weighted by Crippen LogP contribution is 2.34. The molecule has 1 aromatic carbocycles. The molecule has 1 saturated heterocycles. The Hall–Kier alpha value is -4.06. The molecule has 1 aliphatic rings. The van der Waals surface area contributed by atoms with Gasteiger partial charge in [0.2, 0.25) is 5.43 Å². The summed E-state index contributed by atoms with van der Waals surface area (Å²) in [5.74, 6) is -2.40. The van der Waals surface area contributed by atoms with Gasteiger partial charge in [0.25, 0.3) is 5.91 Å². The van der Waals surface area contributed by atoms with E-state index in [0.29, 0.717) is 50.5 Å². The number of nitrogen functional groups attached to an aromatic ring is 1. The zero-order chi connectivity index (χ0) is 26.9. The Morgan fingerprint density at radius 1 is 1.22 bits per heavy atom. The molecule has 3 heterocycles. The summed E-state index contributed by atoms with van der Waals surface area (Å²) >= 11 is 0. The average Bonchev–Trinajstić information content (AvgIpc) is 2.86. The maximum absolute atomic E-state index is 15.5. The number of rotatable bonds is 6. The molecule has 4 rings (SSSR count). The van der Waals surface area contributed by atoms with Gasteiger partial charge < -0.3 is 25.6 Å². The number of amides is 1. The van der Waals surface area contributed by atoms with Crippen LogP contribution < -0.4 is 21.4 Å². The molecule has 0 aliphatic carbocycles. The van der Waals surface area contributed by atoms with Crippen molar-refractivity contribution in [2.75, 3.05) is 49.9 Å². The zero-order valence-electron chi connectivity index (χ0n) is 21.0. The van der Waals surface area contributed by atoms with Crippen LogP contribution >= 0.6 is 0 Å². The molecule has 3 aromatic rings. The molecule has 196 valence electrons. The topological polar surface area (TPSA) is 147 Å². The van der Waals surface area contributed by atoms with E-state index in [2.05, 4.69) is 20.2 Å². The van der Waals surface area contributed by atoms with Gasteiger partial charge in [0.1, 0.15) is 17.6 Å². The number of carbonyl (C=O) groups is 2. The summed E-state index contributed by atoms with van der Waals surface area (Å²) in [6.07, 6.45) is 4.12. The fourth-order valence-electron chi connectivity index (χ4n) is 4.46. The number of carboxylic acid groups (broad SMARTS) is 1. The summed E-state index contributed by atoms with van der Waals surface area (Å²) in [4.78, 5) is 48.5. The van der Waals surface area contributed by atoms with Crippen LogP contribution in [0.5, 0.6) is 0 Å². The highest BCUT2D eigenvalue weighted by molar-refractivity contribution is 5.99. The predicted molar refractivity (Wildman–Crippen MR) is 138 cm³/mol. The third kappa shape index (κ3) is 5.24. The molecule has 2 aromatic heterocycles. The van der Waals surface area contributed by atoms with Crippen LogP contribution in [0.2, 0.25) is 0 Å². The van der Waals surface area contributed by atoms with Crippen LogP contribution in [0.1, 0.15) is 41.6 Å². The third-order valence-electron chi connectivity index (χ3n) is 6.44. The molecule has 0 unspecified atom stereocenters. The molecule has 0 radical (unpaired) electrons. The largest absolute Gasteiger partial charge is 0.477 e. The first kappa shape index (κ1) is 26.0. The van der Waals surface area contributed by atoms with Gasteiger partial charge in [0.15, 0.2) is 5.82 Å². The lowest BCUT2D eigenvalue weighted by atomic mass is 10.0. The summed E-state index contributed by atoms with van der Waals surface area (Å²) in [5.41, 5.74) is 4.85. The van der Waals surface area contributed by atoms with E-state index >= 15 is 4.39 Å². The van der Waals surface area contributed by atoms with Gasteiger partial charge in [-0.3, -0.25) is 14.5 Å². The summed E-state index contributed by atoms with van der Waals surface area (Å²) < 4.78 is 17.1. The van der Waals surface area contributed by atoms with Crippen molar-refractivity contribution in [1.82, 2.24) is 24.8 Å². The van der Waals surface area contributed by atoms with E-state index in [1.54, 1.807) is 16.7 Å². The summed E-state index contributed by atoms with van der Waals surface area (Å²) in [6, 6.07) is 3.12. The van der Waals surface area contributed by atoms with Crippen LogP contribution in [0.25, 0.3) is 10.9 Å². The number of hydrogen-bond donors (Lipinski definition) is 3. The van der Waals surface area contributed by atoms with Crippen molar-refractivity contribution >= 4 is 34.2 Å². The molecule has 37 heavy (non-hydrogen) atoms. The molecule has 0 bridgehead atoms. The van der Waals surface area contributed by atoms with Crippen LogP contribution in [-0.2, 0) is 5.54 Å². The van der Waals surface area contributed by atoms with Crippen molar-refractivity contribution in [3.63, 3.8) is 0 Å². The molecule has 1 fully saturated rings. The molecule has 11 nitrogen and oxygen atoms in total. The predicted octanol–water partition coefficient (Wildman–Crippen LogP) is 1.52. The Bertz CT molecular complexity index is 1390. The normalized spacial score (nSPS) is 14.6. The smallest absolute Gasteiger partial charge is 0.341 e. The van der Waals surface area contributed by atoms with Crippen molar-refractivity contribution in [2.24, 2.45) is 0 Å². The van der Waals surface area contributed by atoms with Crippen LogP contribution in [0.15, 0.2) is 35.6 Å². The number of aromatic nitrogens is 3. The second kappa shape index (κ2) is 10.1. The fraction of sp³-hybridized carbons (Fsp3) is 0.400. The molecule has 1 aliphatic heterocycles. The number of fused-ring (bicyclic) bond motifs is 1.